The molecule has 2 amide bonds. The van der Waals surface area contributed by atoms with E-state index in [2.05, 4.69) is 9.71 Å². The number of imide groups is 1. The SMILES string of the molecule is CC(C)(C)c1ccc(S(=O)(=O)Nc2ccc(Cl)c3c2C(=O)N(c2cncs2)C3=O)cc1. The first-order valence-electron chi connectivity index (χ1n) is 9.24. The van der Waals surface area contributed by atoms with Gasteiger partial charge in [0.05, 0.1) is 38.4 Å². The first kappa shape index (κ1) is 21.5. The van der Waals surface area contributed by atoms with Gasteiger partial charge in [0.2, 0.25) is 0 Å². The van der Waals surface area contributed by atoms with Crippen LogP contribution < -0.4 is 9.62 Å². The van der Waals surface area contributed by atoms with E-state index in [1.54, 1.807) is 12.1 Å². The lowest BCUT2D eigenvalue weighted by molar-refractivity contribution is 0.0927. The zero-order valence-corrected chi connectivity index (χ0v) is 19.2. The van der Waals surface area contributed by atoms with Crippen molar-refractivity contribution >= 4 is 55.5 Å². The molecular weight excluding hydrogens is 458 g/mol. The number of rotatable bonds is 4. The average molecular weight is 476 g/mol. The zero-order valence-electron chi connectivity index (χ0n) is 16.8. The van der Waals surface area contributed by atoms with E-state index in [9.17, 15) is 18.0 Å². The minimum atomic E-state index is -4.01. The number of benzene rings is 2. The molecule has 31 heavy (non-hydrogen) atoms. The van der Waals surface area contributed by atoms with Crippen LogP contribution in [0.25, 0.3) is 0 Å². The van der Waals surface area contributed by atoms with Gasteiger partial charge in [0.25, 0.3) is 21.8 Å². The van der Waals surface area contributed by atoms with Gasteiger partial charge in [0.15, 0.2) is 0 Å². The van der Waals surface area contributed by atoms with E-state index in [1.807, 2.05) is 20.8 Å². The van der Waals surface area contributed by atoms with Crippen LogP contribution in [0.15, 0.2) is 53.0 Å². The summed E-state index contributed by atoms with van der Waals surface area (Å²) < 4.78 is 28.4. The van der Waals surface area contributed by atoms with Gasteiger partial charge in [0.1, 0.15) is 5.00 Å². The van der Waals surface area contributed by atoms with Crippen LogP contribution in [0.3, 0.4) is 0 Å². The number of carbonyl (C=O) groups is 2. The maximum atomic E-state index is 13.0. The molecule has 1 aromatic heterocycles. The Bertz CT molecular complexity index is 1300. The predicted octanol–water partition coefficient (Wildman–Crippen LogP) is 4.70. The molecular formula is C21H18ClN3O4S2. The number of sulfonamides is 1. The summed E-state index contributed by atoms with van der Waals surface area (Å²) in [5.74, 6) is -1.28. The van der Waals surface area contributed by atoms with Crippen molar-refractivity contribution in [1.82, 2.24) is 4.98 Å². The summed E-state index contributed by atoms with van der Waals surface area (Å²) in [7, 11) is -4.01. The van der Waals surface area contributed by atoms with Crippen molar-refractivity contribution < 1.29 is 18.0 Å². The lowest BCUT2D eigenvalue weighted by atomic mass is 9.87. The fourth-order valence-corrected chi connectivity index (χ4v) is 5.20. The van der Waals surface area contributed by atoms with E-state index in [4.69, 9.17) is 11.6 Å². The number of fused-ring (bicyclic) bond motifs is 1. The van der Waals surface area contributed by atoms with Gasteiger partial charge in [-0.1, -0.05) is 44.5 Å². The highest BCUT2D eigenvalue weighted by atomic mass is 35.5. The Kier molecular flexibility index (Phi) is 5.15. The number of aromatic nitrogens is 1. The standard InChI is InChI=1S/C21H18ClN3O4S2/c1-21(2,3)12-4-6-13(7-5-12)31(28,29)24-15-9-8-14(22)17-18(15)20(27)25(19(17)26)16-10-23-11-30-16/h4-11,24H,1-3H3. The number of carbonyl (C=O) groups excluding carboxylic acids is 2. The number of halogens is 1. The monoisotopic (exact) mass is 475 g/mol. The average Bonchev–Trinajstić information content (AvgIpc) is 3.30. The number of amides is 2. The normalized spacial score (nSPS) is 14.1. The highest BCUT2D eigenvalue weighted by Crippen LogP contribution is 2.38. The summed E-state index contributed by atoms with van der Waals surface area (Å²) >= 11 is 7.30. The number of nitrogens with zero attached hydrogens (tertiary/aromatic N) is 2. The Morgan fingerprint density at radius 1 is 1.00 bits per heavy atom. The molecule has 160 valence electrons. The largest absolute Gasteiger partial charge is 0.279 e. The van der Waals surface area contributed by atoms with E-state index in [0.29, 0.717) is 5.00 Å². The van der Waals surface area contributed by atoms with Crippen LogP contribution in [0.2, 0.25) is 5.02 Å². The zero-order chi connectivity index (χ0) is 22.6. The molecule has 0 unspecified atom stereocenters. The quantitative estimate of drug-likeness (QED) is 0.552. The fourth-order valence-electron chi connectivity index (χ4n) is 3.27. The number of thiazole rings is 1. The molecule has 4 rings (SSSR count). The van der Waals surface area contributed by atoms with Crippen molar-refractivity contribution in [2.75, 3.05) is 9.62 Å². The summed E-state index contributed by atoms with van der Waals surface area (Å²) in [5.41, 5.74) is 2.22. The first-order valence-corrected chi connectivity index (χ1v) is 12.0. The summed E-state index contributed by atoms with van der Waals surface area (Å²) in [5, 5.41) is 0.395. The number of hydrogen-bond donors (Lipinski definition) is 1. The fraction of sp³-hybridized carbons (Fsp3) is 0.190. The second-order valence-electron chi connectivity index (χ2n) is 8.01. The Hall–Kier alpha value is -2.75. The minimum Gasteiger partial charge on any atom is -0.279 e. The van der Waals surface area contributed by atoms with Crippen LogP contribution in [0, 0.1) is 0 Å². The van der Waals surface area contributed by atoms with E-state index in [-0.39, 0.29) is 32.1 Å². The molecule has 10 heteroatoms. The Balaban J connectivity index is 1.73. The van der Waals surface area contributed by atoms with Gasteiger partial charge < -0.3 is 0 Å². The lowest BCUT2D eigenvalue weighted by Crippen LogP contribution is -2.28. The van der Waals surface area contributed by atoms with Crippen LogP contribution in [0.1, 0.15) is 47.1 Å². The summed E-state index contributed by atoms with van der Waals surface area (Å²) in [6.45, 7) is 6.09. The van der Waals surface area contributed by atoms with Crippen molar-refractivity contribution in [3.8, 4) is 0 Å². The topological polar surface area (TPSA) is 96.4 Å². The molecule has 7 nitrogen and oxygen atoms in total. The highest BCUT2D eigenvalue weighted by molar-refractivity contribution is 7.92. The maximum absolute atomic E-state index is 13.0. The molecule has 3 aromatic rings. The van der Waals surface area contributed by atoms with Crippen LogP contribution >= 0.6 is 22.9 Å². The first-order chi connectivity index (χ1) is 14.5. The van der Waals surface area contributed by atoms with Crippen molar-refractivity contribution in [2.45, 2.75) is 31.1 Å². The van der Waals surface area contributed by atoms with Gasteiger partial charge in [-0.05, 0) is 35.2 Å². The molecule has 1 N–H and O–H groups in total. The Morgan fingerprint density at radius 2 is 1.65 bits per heavy atom. The third-order valence-corrected chi connectivity index (χ3v) is 7.36. The van der Waals surface area contributed by atoms with Gasteiger partial charge in [0, 0.05) is 0 Å². The number of nitrogens with one attached hydrogen (secondary N) is 1. The van der Waals surface area contributed by atoms with Gasteiger partial charge in [-0.2, -0.15) is 0 Å². The molecule has 0 atom stereocenters. The molecule has 2 heterocycles. The molecule has 0 bridgehead atoms. The van der Waals surface area contributed by atoms with Crippen molar-refractivity contribution in [3.05, 3.63) is 69.8 Å². The van der Waals surface area contributed by atoms with E-state index in [0.717, 1.165) is 21.8 Å². The van der Waals surface area contributed by atoms with Gasteiger partial charge in [-0.3, -0.25) is 19.3 Å². The number of hydrogen-bond acceptors (Lipinski definition) is 6. The van der Waals surface area contributed by atoms with Crippen molar-refractivity contribution in [2.24, 2.45) is 0 Å². The predicted molar refractivity (Wildman–Crippen MR) is 121 cm³/mol. The maximum Gasteiger partial charge on any atom is 0.269 e. The molecule has 1 aliphatic heterocycles. The number of anilines is 2. The van der Waals surface area contributed by atoms with E-state index >= 15 is 0 Å². The van der Waals surface area contributed by atoms with Crippen LogP contribution in [0.4, 0.5) is 10.7 Å². The minimum absolute atomic E-state index is 0.00957. The van der Waals surface area contributed by atoms with Crippen LogP contribution in [-0.2, 0) is 15.4 Å². The molecule has 2 aromatic carbocycles. The Labute approximate surface area is 188 Å². The van der Waals surface area contributed by atoms with E-state index < -0.39 is 21.8 Å². The van der Waals surface area contributed by atoms with Crippen LogP contribution in [0.5, 0.6) is 0 Å². The summed E-state index contributed by atoms with van der Waals surface area (Å²) in [6, 6.07) is 9.29. The van der Waals surface area contributed by atoms with Crippen LogP contribution in [-0.4, -0.2) is 25.2 Å². The van der Waals surface area contributed by atoms with Gasteiger partial charge >= 0.3 is 0 Å². The third-order valence-electron chi connectivity index (χ3n) is 4.90. The smallest absolute Gasteiger partial charge is 0.269 e. The van der Waals surface area contributed by atoms with Crippen molar-refractivity contribution in [3.63, 3.8) is 0 Å². The third kappa shape index (κ3) is 3.73. The second kappa shape index (κ2) is 7.44. The van der Waals surface area contributed by atoms with E-state index in [1.165, 1.54) is 36.0 Å². The molecule has 0 saturated heterocycles. The lowest BCUT2D eigenvalue weighted by Gasteiger charge is -2.19. The highest BCUT2D eigenvalue weighted by Gasteiger charge is 2.41. The molecule has 0 saturated carbocycles. The molecule has 0 spiro atoms. The molecule has 1 aliphatic rings. The summed E-state index contributed by atoms with van der Waals surface area (Å²) in [4.78, 5) is 30.8. The molecule has 0 aliphatic carbocycles. The molecule has 0 fully saturated rings. The molecule has 0 radical (unpaired) electrons. The van der Waals surface area contributed by atoms with Crippen molar-refractivity contribution in [1.29, 1.82) is 0 Å². The van der Waals surface area contributed by atoms with Gasteiger partial charge in [-0.15, -0.1) is 11.3 Å². The summed E-state index contributed by atoms with van der Waals surface area (Å²) in [6.07, 6.45) is 1.39. The van der Waals surface area contributed by atoms with Gasteiger partial charge in [-0.25, -0.2) is 13.3 Å². The second-order valence-corrected chi connectivity index (χ2v) is 11.0. The Morgan fingerprint density at radius 3 is 2.23 bits per heavy atom.